The van der Waals surface area contributed by atoms with Gasteiger partial charge in [0.05, 0.1) is 6.42 Å². The van der Waals surface area contributed by atoms with Gasteiger partial charge in [0.1, 0.15) is 0 Å². The van der Waals surface area contributed by atoms with Gasteiger partial charge >= 0.3 is 0 Å². The molecule has 1 aromatic carbocycles. The Hall–Kier alpha value is -0.710. The van der Waals surface area contributed by atoms with Crippen molar-refractivity contribution >= 4 is 29.3 Å². The Bertz CT molecular complexity index is 381. The first-order valence-corrected chi connectivity index (χ1v) is 7.57. The van der Waals surface area contributed by atoms with Crippen molar-refractivity contribution in [2.45, 2.75) is 18.9 Å². The number of carbonyl (C=O) groups excluding carboxylic acids is 1. The van der Waals surface area contributed by atoms with Crippen molar-refractivity contribution < 1.29 is 9.90 Å². The van der Waals surface area contributed by atoms with E-state index in [2.05, 4.69) is 5.32 Å². The van der Waals surface area contributed by atoms with Crippen LogP contribution < -0.4 is 5.32 Å². The molecule has 0 saturated carbocycles. The molecule has 2 N–H and O–H groups in total. The molecule has 0 bridgehead atoms. The van der Waals surface area contributed by atoms with Crippen molar-refractivity contribution in [1.82, 2.24) is 5.32 Å². The van der Waals surface area contributed by atoms with Crippen molar-refractivity contribution in [2.24, 2.45) is 0 Å². The molecule has 5 heteroatoms. The van der Waals surface area contributed by atoms with Crippen molar-refractivity contribution in [3.05, 3.63) is 34.9 Å². The Labute approximate surface area is 117 Å². The molecule has 0 saturated heterocycles. The predicted octanol–water partition coefficient (Wildman–Crippen LogP) is 2.11. The van der Waals surface area contributed by atoms with Gasteiger partial charge in [-0.1, -0.05) is 29.8 Å². The smallest absolute Gasteiger partial charge is 0.224 e. The fourth-order valence-electron chi connectivity index (χ4n) is 1.65. The number of aliphatic hydroxyl groups excluding tert-OH is 1. The Morgan fingerprint density at radius 2 is 2.22 bits per heavy atom. The van der Waals surface area contributed by atoms with E-state index in [-0.39, 0.29) is 25.0 Å². The minimum atomic E-state index is -0.0596. The minimum absolute atomic E-state index is 0.0139. The molecular formula is C13H18ClNO2S. The van der Waals surface area contributed by atoms with E-state index >= 15 is 0 Å². The molecule has 0 radical (unpaired) electrons. The fourth-order valence-corrected chi connectivity index (χ4v) is 2.50. The van der Waals surface area contributed by atoms with Gasteiger partial charge in [-0.25, -0.2) is 0 Å². The highest BCUT2D eigenvalue weighted by atomic mass is 35.5. The molecule has 0 aliphatic heterocycles. The highest BCUT2D eigenvalue weighted by Gasteiger charge is 2.12. The lowest BCUT2D eigenvalue weighted by atomic mass is 10.1. The normalized spacial score (nSPS) is 12.2. The van der Waals surface area contributed by atoms with Gasteiger partial charge in [0, 0.05) is 23.4 Å². The molecule has 0 aromatic heterocycles. The average molecular weight is 288 g/mol. The van der Waals surface area contributed by atoms with Crippen LogP contribution in [-0.2, 0) is 11.2 Å². The van der Waals surface area contributed by atoms with Gasteiger partial charge in [-0.3, -0.25) is 4.79 Å². The fraction of sp³-hybridized carbons (Fsp3) is 0.462. The summed E-state index contributed by atoms with van der Waals surface area (Å²) < 4.78 is 0. The Balaban J connectivity index is 2.52. The molecule has 0 fully saturated rings. The lowest BCUT2D eigenvalue weighted by molar-refractivity contribution is -0.121. The Kier molecular flexibility index (Phi) is 7.16. The number of aliphatic hydroxyl groups is 1. The molecule has 1 aromatic rings. The molecule has 1 atom stereocenters. The second-order valence-electron chi connectivity index (χ2n) is 4.00. The van der Waals surface area contributed by atoms with Gasteiger partial charge in [0.2, 0.25) is 5.91 Å². The van der Waals surface area contributed by atoms with E-state index < -0.39 is 0 Å². The molecule has 0 spiro atoms. The summed E-state index contributed by atoms with van der Waals surface area (Å²) in [5, 5.41) is 12.5. The minimum Gasteiger partial charge on any atom is -0.396 e. The SMILES string of the molecule is CSCC(CCO)NC(=O)Cc1ccccc1Cl. The van der Waals surface area contributed by atoms with Gasteiger partial charge < -0.3 is 10.4 Å². The van der Waals surface area contributed by atoms with Crippen LogP contribution in [0.25, 0.3) is 0 Å². The third kappa shape index (κ3) is 5.29. The van der Waals surface area contributed by atoms with Gasteiger partial charge in [-0.05, 0) is 24.3 Å². The van der Waals surface area contributed by atoms with E-state index in [1.165, 1.54) is 0 Å². The van der Waals surface area contributed by atoms with Crippen LogP contribution >= 0.6 is 23.4 Å². The van der Waals surface area contributed by atoms with E-state index in [1.807, 2.05) is 24.5 Å². The standard InChI is InChI=1S/C13H18ClNO2S/c1-18-9-11(6-7-16)15-13(17)8-10-4-2-3-5-12(10)14/h2-5,11,16H,6-9H2,1H3,(H,15,17). The summed E-state index contributed by atoms with van der Waals surface area (Å²) in [6.07, 6.45) is 2.83. The summed E-state index contributed by atoms with van der Waals surface area (Å²) >= 11 is 7.65. The quantitative estimate of drug-likeness (QED) is 0.808. The molecule has 0 aliphatic rings. The van der Waals surface area contributed by atoms with Crippen molar-refractivity contribution in [2.75, 3.05) is 18.6 Å². The van der Waals surface area contributed by atoms with Gasteiger partial charge in [-0.2, -0.15) is 11.8 Å². The number of rotatable bonds is 7. The lowest BCUT2D eigenvalue weighted by Crippen LogP contribution is -2.38. The number of amides is 1. The summed E-state index contributed by atoms with van der Waals surface area (Å²) in [7, 11) is 0. The molecule has 18 heavy (non-hydrogen) atoms. The van der Waals surface area contributed by atoms with Crippen LogP contribution in [-0.4, -0.2) is 35.7 Å². The van der Waals surface area contributed by atoms with E-state index in [9.17, 15) is 4.79 Å². The Morgan fingerprint density at radius 1 is 1.50 bits per heavy atom. The van der Waals surface area contributed by atoms with Crippen LogP contribution in [0, 0.1) is 0 Å². The summed E-state index contributed by atoms with van der Waals surface area (Å²) in [5.74, 6) is 0.741. The van der Waals surface area contributed by atoms with Crippen LogP contribution in [0.1, 0.15) is 12.0 Å². The average Bonchev–Trinajstić information content (AvgIpc) is 2.33. The maximum absolute atomic E-state index is 11.9. The van der Waals surface area contributed by atoms with E-state index in [0.717, 1.165) is 11.3 Å². The summed E-state index contributed by atoms with van der Waals surface area (Å²) in [5.41, 5.74) is 0.823. The van der Waals surface area contributed by atoms with Crippen LogP contribution in [0.4, 0.5) is 0 Å². The van der Waals surface area contributed by atoms with Crippen LogP contribution in [0.2, 0.25) is 5.02 Å². The van der Waals surface area contributed by atoms with E-state index in [0.29, 0.717) is 11.4 Å². The maximum atomic E-state index is 11.9. The number of benzene rings is 1. The number of thioether (sulfide) groups is 1. The number of halogens is 1. The second kappa shape index (κ2) is 8.40. The molecule has 0 heterocycles. The summed E-state index contributed by atoms with van der Waals surface area (Å²) in [4.78, 5) is 11.9. The second-order valence-corrected chi connectivity index (χ2v) is 5.32. The van der Waals surface area contributed by atoms with Crippen LogP contribution in [0.15, 0.2) is 24.3 Å². The zero-order valence-corrected chi connectivity index (χ0v) is 11.9. The zero-order chi connectivity index (χ0) is 13.4. The third-order valence-corrected chi connectivity index (χ3v) is 3.62. The third-order valence-electron chi connectivity index (χ3n) is 2.52. The molecule has 1 unspecified atom stereocenters. The van der Waals surface area contributed by atoms with Gasteiger partial charge in [0.25, 0.3) is 0 Å². The molecular weight excluding hydrogens is 270 g/mol. The highest BCUT2D eigenvalue weighted by molar-refractivity contribution is 7.98. The number of hydrogen-bond donors (Lipinski definition) is 2. The topological polar surface area (TPSA) is 49.3 Å². The zero-order valence-electron chi connectivity index (χ0n) is 10.4. The Morgan fingerprint density at radius 3 is 2.83 bits per heavy atom. The van der Waals surface area contributed by atoms with Crippen LogP contribution in [0.5, 0.6) is 0 Å². The molecule has 1 amide bonds. The molecule has 100 valence electrons. The van der Waals surface area contributed by atoms with E-state index in [1.54, 1.807) is 17.8 Å². The van der Waals surface area contributed by atoms with Crippen LogP contribution in [0.3, 0.4) is 0 Å². The first-order chi connectivity index (χ1) is 8.67. The summed E-state index contributed by atoms with van der Waals surface area (Å²) in [6, 6.07) is 7.34. The van der Waals surface area contributed by atoms with Crippen molar-refractivity contribution in [3.63, 3.8) is 0 Å². The van der Waals surface area contributed by atoms with E-state index in [4.69, 9.17) is 16.7 Å². The number of carbonyl (C=O) groups is 1. The van der Waals surface area contributed by atoms with Crippen molar-refractivity contribution in [1.29, 1.82) is 0 Å². The number of hydrogen-bond acceptors (Lipinski definition) is 3. The molecule has 3 nitrogen and oxygen atoms in total. The maximum Gasteiger partial charge on any atom is 0.224 e. The lowest BCUT2D eigenvalue weighted by Gasteiger charge is -2.16. The molecule has 0 aliphatic carbocycles. The first-order valence-electron chi connectivity index (χ1n) is 5.80. The highest BCUT2D eigenvalue weighted by Crippen LogP contribution is 2.15. The molecule has 1 rings (SSSR count). The van der Waals surface area contributed by atoms with Crippen molar-refractivity contribution in [3.8, 4) is 0 Å². The largest absolute Gasteiger partial charge is 0.396 e. The number of nitrogens with one attached hydrogen (secondary N) is 1. The monoisotopic (exact) mass is 287 g/mol. The first kappa shape index (κ1) is 15.3. The van der Waals surface area contributed by atoms with Gasteiger partial charge in [0.15, 0.2) is 0 Å². The van der Waals surface area contributed by atoms with Gasteiger partial charge in [-0.15, -0.1) is 0 Å². The summed E-state index contributed by atoms with van der Waals surface area (Å²) in [6.45, 7) is 0.0810. The predicted molar refractivity (Wildman–Crippen MR) is 77.2 cm³/mol.